The molecule has 0 radical (unpaired) electrons. The van der Waals surface area contributed by atoms with Gasteiger partial charge in [-0.3, -0.25) is 4.79 Å². The molecule has 2 fully saturated rings. The van der Waals surface area contributed by atoms with Gasteiger partial charge in [-0.15, -0.1) is 0 Å². The van der Waals surface area contributed by atoms with Crippen LogP contribution in [0.25, 0.3) is 0 Å². The number of carbonyl (C=O) groups excluding carboxylic acids is 1. The molecule has 3 rings (SSSR count). The van der Waals surface area contributed by atoms with Gasteiger partial charge in [0.05, 0.1) is 4.90 Å². The molecule has 204 valence electrons. The lowest BCUT2D eigenvalue weighted by Crippen LogP contribution is -2.48. The fourth-order valence-electron chi connectivity index (χ4n) is 4.48. The van der Waals surface area contributed by atoms with Crippen LogP contribution >= 0.6 is 0 Å². The Bertz CT molecular complexity index is 1020. The molecular formula is C24H36F3N3O5S. The highest BCUT2D eigenvalue weighted by atomic mass is 32.2. The third-order valence-electron chi connectivity index (χ3n) is 6.62. The fourth-order valence-corrected chi connectivity index (χ4v) is 6.46. The fraction of sp³-hybridized carbons (Fsp3) is 0.667. The molecule has 0 atom stereocenters. The van der Waals surface area contributed by atoms with E-state index < -0.39 is 22.2 Å². The Morgan fingerprint density at radius 3 is 2.08 bits per heavy atom. The van der Waals surface area contributed by atoms with Crippen LogP contribution in [0.4, 0.5) is 13.2 Å². The molecule has 1 amide bonds. The maximum absolute atomic E-state index is 13.7. The van der Waals surface area contributed by atoms with Crippen LogP contribution in [-0.2, 0) is 19.6 Å². The molecule has 8 nitrogen and oxygen atoms in total. The molecule has 1 aromatic carbocycles. The van der Waals surface area contributed by atoms with E-state index in [0.29, 0.717) is 18.0 Å². The van der Waals surface area contributed by atoms with Crippen molar-refractivity contribution < 1.29 is 36.3 Å². The molecular weight excluding hydrogens is 499 g/mol. The second kappa shape index (κ2) is 12.9. The zero-order valence-corrected chi connectivity index (χ0v) is 21.8. The molecule has 36 heavy (non-hydrogen) atoms. The van der Waals surface area contributed by atoms with Crippen LogP contribution in [0.3, 0.4) is 0 Å². The van der Waals surface area contributed by atoms with Gasteiger partial charge in [-0.2, -0.15) is 17.5 Å². The molecule has 2 aliphatic rings. The highest BCUT2D eigenvalue weighted by Crippen LogP contribution is 2.30. The monoisotopic (exact) mass is 535 g/mol. The molecule has 0 spiro atoms. The number of halogens is 3. The number of aryl methyl sites for hydroxylation is 3. The Morgan fingerprint density at radius 2 is 1.56 bits per heavy atom. The summed E-state index contributed by atoms with van der Waals surface area (Å²) in [6.07, 6.45) is 0.185. The summed E-state index contributed by atoms with van der Waals surface area (Å²) < 4.78 is 60.8. The number of carbonyl (C=O) groups is 2. The first-order chi connectivity index (χ1) is 16.7. The molecule has 2 N–H and O–H groups in total. The van der Waals surface area contributed by atoms with Crippen LogP contribution in [-0.4, -0.2) is 79.5 Å². The van der Waals surface area contributed by atoms with Gasteiger partial charge in [0.25, 0.3) is 0 Å². The van der Waals surface area contributed by atoms with Gasteiger partial charge in [-0.05, 0) is 56.4 Å². The summed E-state index contributed by atoms with van der Waals surface area (Å²) in [5.74, 6) is -2.70. The SMILES string of the molecule is Cc1cc(C)c(S(=O)(=O)N(CCC(=O)N2CCNCC2)C2CCCCC2)cc1C.O=C(O)C(F)(F)F. The van der Waals surface area contributed by atoms with Crippen LogP contribution in [0.15, 0.2) is 17.0 Å². The number of hydrogen-bond donors (Lipinski definition) is 2. The van der Waals surface area contributed by atoms with Crippen LogP contribution < -0.4 is 5.32 Å². The van der Waals surface area contributed by atoms with Crippen molar-refractivity contribution in [2.24, 2.45) is 0 Å². The Balaban J connectivity index is 0.000000572. The van der Waals surface area contributed by atoms with E-state index >= 15 is 0 Å². The smallest absolute Gasteiger partial charge is 0.475 e. The maximum atomic E-state index is 13.7. The third kappa shape index (κ3) is 8.17. The van der Waals surface area contributed by atoms with Gasteiger partial charge < -0.3 is 15.3 Å². The van der Waals surface area contributed by atoms with Gasteiger partial charge in [0.2, 0.25) is 15.9 Å². The van der Waals surface area contributed by atoms with Gasteiger partial charge in [0, 0.05) is 45.2 Å². The second-order valence-electron chi connectivity index (χ2n) is 9.29. The first-order valence-corrected chi connectivity index (χ1v) is 13.6. The van der Waals surface area contributed by atoms with E-state index in [0.717, 1.165) is 61.9 Å². The Kier molecular flexibility index (Phi) is 10.7. The lowest BCUT2D eigenvalue weighted by Gasteiger charge is -2.34. The van der Waals surface area contributed by atoms with Crippen LogP contribution in [0, 0.1) is 20.8 Å². The van der Waals surface area contributed by atoms with E-state index in [9.17, 15) is 26.4 Å². The van der Waals surface area contributed by atoms with Crippen molar-refractivity contribution >= 4 is 21.9 Å². The van der Waals surface area contributed by atoms with Gasteiger partial charge >= 0.3 is 12.1 Å². The molecule has 0 unspecified atom stereocenters. The topological polar surface area (TPSA) is 107 Å². The van der Waals surface area contributed by atoms with E-state index in [-0.39, 0.29) is 24.9 Å². The summed E-state index contributed by atoms with van der Waals surface area (Å²) in [5, 5.41) is 10.4. The minimum Gasteiger partial charge on any atom is -0.475 e. The van der Waals surface area contributed by atoms with E-state index in [1.165, 1.54) is 0 Å². The average molecular weight is 536 g/mol. The first kappa shape index (κ1) is 30.0. The number of nitrogens with zero attached hydrogens (tertiary/aromatic N) is 2. The molecule has 1 aliphatic carbocycles. The number of benzene rings is 1. The van der Waals surface area contributed by atoms with E-state index in [1.807, 2.05) is 31.7 Å². The highest BCUT2D eigenvalue weighted by Gasteiger charge is 2.38. The molecule has 1 saturated heterocycles. The number of amides is 1. The van der Waals surface area contributed by atoms with Crippen molar-refractivity contribution in [2.45, 2.75) is 76.4 Å². The predicted octanol–water partition coefficient (Wildman–Crippen LogP) is 3.39. The zero-order valence-electron chi connectivity index (χ0n) is 21.0. The number of carboxylic acid groups (broad SMARTS) is 1. The molecule has 0 aromatic heterocycles. The Morgan fingerprint density at radius 1 is 1.03 bits per heavy atom. The van der Waals surface area contributed by atoms with Gasteiger partial charge in [-0.1, -0.05) is 25.3 Å². The standard InChI is InChI=1S/C22H35N3O3S.C2HF3O2/c1-17-15-19(3)21(16-18(17)2)29(27,28)25(20-7-5-4-6-8-20)12-9-22(26)24-13-10-23-11-14-24;3-2(4,5)1(6)7/h15-16,20,23H,4-14H2,1-3H3;(H,6,7). The number of rotatable bonds is 6. The molecule has 0 bridgehead atoms. The number of alkyl halides is 3. The maximum Gasteiger partial charge on any atom is 0.490 e. The Hall–Kier alpha value is -2.18. The first-order valence-electron chi connectivity index (χ1n) is 12.1. The number of aliphatic carboxylic acids is 1. The van der Waals surface area contributed by atoms with Crippen LogP contribution in [0.5, 0.6) is 0 Å². The number of piperazine rings is 1. The highest BCUT2D eigenvalue weighted by molar-refractivity contribution is 7.89. The summed E-state index contributed by atoms with van der Waals surface area (Å²) in [5.41, 5.74) is 2.86. The summed E-state index contributed by atoms with van der Waals surface area (Å²) >= 11 is 0. The lowest BCUT2D eigenvalue weighted by atomic mass is 9.95. The van der Waals surface area contributed by atoms with Crippen molar-refractivity contribution in [3.05, 3.63) is 28.8 Å². The normalized spacial score (nSPS) is 17.5. The summed E-state index contributed by atoms with van der Waals surface area (Å²) in [7, 11) is -3.65. The van der Waals surface area contributed by atoms with Crippen LogP contribution in [0.2, 0.25) is 0 Å². The molecule has 1 saturated carbocycles. The quantitative estimate of drug-likeness (QED) is 0.579. The number of sulfonamides is 1. The van der Waals surface area contributed by atoms with Crippen molar-refractivity contribution in [3.63, 3.8) is 0 Å². The number of carboxylic acids is 1. The molecule has 1 aromatic rings. The van der Waals surface area contributed by atoms with Gasteiger partial charge in [-0.25, -0.2) is 13.2 Å². The van der Waals surface area contributed by atoms with Crippen molar-refractivity contribution in [1.82, 2.24) is 14.5 Å². The minimum absolute atomic E-state index is 0.00872. The van der Waals surface area contributed by atoms with Crippen LogP contribution in [0.1, 0.15) is 55.2 Å². The van der Waals surface area contributed by atoms with E-state index in [2.05, 4.69) is 5.32 Å². The number of hydrogen-bond acceptors (Lipinski definition) is 5. The third-order valence-corrected chi connectivity index (χ3v) is 8.71. The van der Waals surface area contributed by atoms with E-state index in [1.54, 1.807) is 10.4 Å². The van der Waals surface area contributed by atoms with Crippen molar-refractivity contribution in [2.75, 3.05) is 32.7 Å². The minimum atomic E-state index is -5.08. The predicted molar refractivity (Wildman–Crippen MR) is 129 cm³/mol. The van der Waals surface area contributed by atoms with Gasteiger partial charge in [0.15, 0.2) is 0 Å². The summed E-state index contributed by atoms with van der Waals surface area (Å²) in [4.78, 5) is 23.8. The lowest BCUT2D eigenvalue weighted by molar-refractivity contribution is -0.192. The van der Waals surface area contributed by atoms with Crippen molar-refractivity contribution in [1.29, 1.82) is 0 Å². The molecule has 1 aliphatic heterocycles. The van der Waals surface area contributed by atoms with E-state index in [4.69, 9.17) is 9.90 Å². The largest absolute Gasteiger partial charge is 0.490 e. The summed E-state index contributed by atoms with van der Waals surface area (Å²) in [6.45, 7) is 9.09. The molecule has 1 heterocycles. The average Bonchev–Trinajstić information content (AvgIpc) is 2.82. The number of nitrogens with one attached hydrogen (secondary N) is 1. The van der Waals surface area contributed by atoms with Gasteiger partial charge in [0.1, 0.15) is 0 Å². The summed E-state index contributed by atoms with van der Waals surface area (Å²) in [6, 6.07) is 3.74. The Labute approximate surface area is 210 Å². The second-order valence-corrected chi connectivity index (χ2v) is 11.2. The zero-order chi connectivity index (χ0) is 27.1. The van der Waals surface area contributed by atoms with Crippen molar-refractivity contribution in [3.8, 4) is 0 Å². The molecule has 12 heteroatoms.